The Morgan fingerprint density at radius 1 is 1.38 bits per heavy atom. The number of nitrogens with zero attached hydrogens (tertiary/aromatic N) is 2. The van der Waals surface area contributed by atoms with Crippen LogP contribution < -0.4 is 4.74 Å². The van der Waals surface area contributed by atoms with Crippen molar-refractivity contribution in [3.05, 3.63) is 33.8 Å². The summed E-state index contributed by atoms with van der Waals surface area (Å²) in [6.45, 7) is 2.23. The second-order valence-electron chi connectivity index (χ2n) is 3.87. The van der Waals surface area contributed by atoms with Gasteiger partial charge in [0.15, 0.2) is 0 Å². The monoisotopic (exact) mass is 348 g/mol. The first kappa shape index (κ1) is 16.7. The Morgan fingerprint density at radius 3 is 2.71 bits per heavy atom. The van der Waals surface area contributed by atoms with Crippen molar-refractivity contribution in [2.75, 3.05) is 13.2 Å². The maximum Gasteiger partial charge on any atom is 0.309 e. The van der Waals surface area contributed by atoms with Crippen molar-refractivity contribution in [3.8, 4) is 17.9 Å². The summed E-state index contributed by atoms with van der Waals surface area (Å²) in [6.07, 6.45) is 1.57. The highest BCUT2D eigenvalue weighted by Gasteiger charge is 2.07. The molecule has 0 bridgehead atoms. The van der Waals surface area contributed by atoms with Crippen molar-refractivity contribution in [2.24, 2.45) is 0 Å². The van der Waals surface area contributed by atoms with Crippen molar-refractivity contribution in [2.45, 2.75) is 13.3 Å². The van der Waals surface area contributed by atoms with E-state index in [0.29, 0.717) is 17.9 Å². The third kappa shape index (κ3) is 5.68. The lowest BCUT2D eigenvalue weighted by Crippen LogP contribution is -2.10. The predicted molar refractivity (Wildman–Crippen MR) is 80.1 cm³/mol. The molecule has 5 nitrogen and oxygen atoms in total. The molecule has 1 aromatic carbocycles. The summed E-state index contributed by atoms with van der Waals surface area (Å²) in [7, 11) is 0. The quantitative estimate of drug-likeness (QED) is 0.582. The smallest absolute Gasteiger partial charge is 0.309 e. The van der Waals surface area contributed by atoms with Gasteiger partial charge in [0.2, 0.25) is 0 Å². The van der Waals surface area contributed by atoms with Crippen molar-refractivity contribution in [1.29, 1.82) is 10.5 Å². The molecule has 0 heterocycles. The zero-order valence-corrected chi connectivity index (χ0v) is 13.0. The van der Waals surface area contributed by atoms with Gasteiger partial charge < -0.3 is 9.47 Å². The van der Waals surface area contributed by atoms with E-state index in [4.69, 9.17) is 20.0 Å². The Hall–Kier alpha value is -2.31. The molecule has 0 fully saturated rings. The first-order valence-corrected chi connectivity index (χ1v) is 6.99. The van der Waals surface area contributed by atoms with Gasteiger partial charge >= 0.3 is 5.97 Å². The summed E-state index contributed by atoms with van der Waals surface area (Å²) in [5.74, 6) is 0.159. The van der Waals surface area contributed by atoms with E-state index in [2.05, 4.69) is 15.9 Å². The normalized spacial score (nSPS) is 9.14. The number of esters is 1. The van der Waals surface area contributed by atoms with Gasteiger partial charge in [-0.25, -0.2) is 0 Å². The molecule has 0 radical (unpaired) electrons. The molecule has 0 aliphatic heterocycles. The van der Waals surface area contributed by atoms with Gasteiger partial charge in [0.25, 0.3) is 0 Å². The highest BCUT2D eigenvalue weighted by Crippen LogP contribution is 2.25. The van der Waals surface area contributed by atoms with Crippen LogP contribution in [0.2, 0.25) is 0 Å². The molecule has 0 aliphatic carbocycles. The number of hydrogen-bond acceptors (Lipinski definition) is 5. The number of halogens is 1. The molecule has 0 atom stereocenters. The number of ether oxygens (including phenoxy) is 2. The van der Waals surface area contributed by atoms with Crippen LogP contribution in [0.3, 0.4) is 0 Å². The second kappa shape index (κ2) is 8.78. The van der Waals surface area contributed by atoms with Crippen LogP contribution in [-0.4, -0.2) is 19.2 Å². The number of carbonyl (C=O) groups excluding carboxylic acids is 1. The Bertz CT molecular complexity index is 611. The highest BCUT2D eigenvalue weighted by molar-refractivity contribution is 9.10. The lowest BCUT2D eigenvalue weighted by molar-refractivity contribution is -0.143. The van der Waals surface area contributed by atoms with Gasteiger partial charge in [0, 0.05) is 10.0 Å². The average molecular weight is 349 g/mol. The minimum absolute atomic E-state index is 0.0247. The van der Waals surface area contributed by atoms with E-state index >= 15 is 0 Å². The molecule has 108 valence electrons. The van der Waals surface area contributed by atoms with E-state index in [1.807, 2.05) is 0 Å². The van der Waals surface area contributed by atoms with Crippen LogP contribution in [0, 0.1) is 22.7 Å². The molecule has 1 rings (SSSR count). The van der Waals surface area contributed by atoms with Gasteiger partial charge in [0.05, 0.1) is 19.6 Å². The fourth-order valence-electron chi connectivity index (χ4n) is 1.49. The van der Waals surface area contributed by atoms with Gasteiger partial charge in [0.1, 0.15) is 23.5 Å². The maximum atomic E-state index is 11.2. The van der Waals surface area contributed by atoms with Crippen LogP contribution in [0.15, 0.2) is 28.2 Å². The lowest BCUT2D eigenvalue weighted by atomic mass is 10.1. The number of carbonyl (C=O) groups is 1. The minimum Gasteiger partial charge on any atom is -0.492 e. The highest BCUT2D eigenvalue weighted by atomic mass is 79.9. The standard InChI is InChI=1S/C15H13BrN2O3/c1-2-20-15(19)5-6-21-14-4-3-13(16)8-12(14)7-11(9-17)10-18/h3-4,7-8H,2,5-6H2,1H3. The van der Waals surface area contributed by atoms with Crippen molar-refractivity contribution >= 4 is 28.0 Å². The SMILES string of the molecule is CCOC(=O)CCOc1ccc(Br)cc1C=C(C#N)C#N. The Labute approximate surface area is 131 Å². The Balaban J connectivity index is 2.84. The summed E-state index contributed by atoms with van der Waals surface area (Å²) in [4.78, 5) is 11.2. The number of rotatable bonds is 6. The van der Waals surface area contributed by atoms with Crippen molar-refractivity contribution < 1.29 is 14.3 Å². The third-order valence-electron chi connectivity index (χ3n) is 2.38. The van der Waals surface area contributed by atoms with E-state index in [0.717, 1.165) is 4.47 Å². The molecule has 0 unspecified atom stereocenters. The number of benzene rings is 1. The molecule has 0 aromatic heterocycles. The molecule has 0 spiro atoms. The molecule has 6 heteroatoms. The molecule has 0 saturated heterocycles. The summed E-state index contributed by atoms with van der Waals surface area (Å²) in [5.41, 5.74) is 0.565. The van der Waals surface area contributed by atoms with E-state index < -0.39 is 0 Å². The predicted octanol–water partition coefficient (Wildman–Crippen LogP) is 3.21. The van der Waals surface area contributed by atoms with Crippen LogP contribution in [0.1, 0.15) is 18.9 Å². The third-order valence-corrected chi connectivity index (χ3v) is 2.87. The topological polar surface area (TPSA) is 83.1 Å². The van der Waals surface area contributed by atoms with Gasteiger partial charge in [-0.2, -0.15) is 10.5 Å². The second-order valence-corrected chi connectivity index (χ2v) is 4.78. The largest absolute Gasteiger partial charge is 0.492 e. The Kier molecular flexibility index (Phi) is 7.00. The van der Waals surface area contributed by atoms with Crippen LogP contribution in [0.25, 0.3) is 6.08 Å². The summed E-state index contributed by atoms with van der Waals surface area (Å²) < 4.78 is 11.1. The van der Waals surface area contributed by atoms with Crippen LogP contribution in [-0.2, 0) is 9.53 Å². The van der Waals surface area contributed by atoms with Gasteiger partial charge in [-0.05, 0) is 31.2 Å². The lowest BCUT2D eigenvalue weighted by Gasteiger charge is -2.09. The number of allylic oxidation sites excluding steroid dienone is 1. The molecule has 0 saturated carbocycles. The first-order chi connectivity index (χ1) is 10.1. The van der Waals surface area contributed by atoms with Crippen LogP contribution in [0.5, 0.6) is 5.75 Å². The van der Waals surface area contributed by atoms with Gasteiger partial charge in [-0.15, -0.1) is 0 Å². The van der Waals surface area contributed by atoms with Crippen molar-refractivity contribution in [1.82, 2.24) is 0 Å². The maximum absolute atomic E-state index is 11.2. The molecular weight excluding hydrogens is 336 g/mol. The van der Waals surface area contributed by atoms with Gasteiger partial charge in [-0.3, -0.25) is 4.79 Å². The molecule has 0 aliphatic rings. The fraction of sp³-hybridized carbons (Fsp3) is 0.267. The Morgan fingerprint density at radius 2 is 2.10 bits per heavy atom. The zero-order chi connectivity index (χ0) is 15.7. The number of nitriles is 2. The van der Waals surface area contributed by atoms with E-state index in [1.165, 1.54) is 6.08 Å². The summed E-state index contributed by atoms with van der Waals surface area (Å²) in [6, 6.07) is 8.79. The molecule has 0 N–H and O–H groups in total. The van der Waals surface area contributed by atoms with Crippen molar-refractivity contribution in [3.63, 3.8) is 0 Å². The zero-order valence-electron chi connectivity index (χ0n) is 11.4. The molecular formula is C15H13BrN2O3. The van der Waals surface area contributed by atoms with Crippen LogP contribution in [0.4, 0.5) is 0 Å². The fourth-order valence-corrected chi connectivity index (χ4v) is 1.86. The molecule has 0 amide bonds. The van der Waals surface area contributed by atoms with E-state index in [1.54, 1.807) is 37.3 Å². The summed E-state index contributed by atoms with van der Waals surface area (Å²) >= 11 is 3.32. The van der Waals surface area contributed by atoms with Gasteiger partial charge in [-0.1, -0.05) is 15.9 Å². The summed E-state index contributed by atoms with van der Waals surface area (Å²) in [5, 5.41) is 17.6. The van der Waals surface area contributed by atoms with E-state index in [-0.39, 0.29) is 24.6 Å². The minimum atomic E-state index is -0.332. The van der Waals surface area contributed by atoms with E-state index in [9.17, 15) is 4.79 Å². The molecule has 21 heavy (non-hydrogen) atoms. The first-order valence-electron chi connectivity index (χ1n) is 6.20. The molecule has 1 aromatic rings. The average Bonchev–Trinajstić information content (AvgIpc) is 2.47. The van der Waals surface area contributed by atoms with Crippen LogP contribution >= 0.6 is 15.9 Å². The number of hydrogen-bond donors (Lipinski definition) is 0.